The van der Waals surface area contributed by atoms with Crippen LogP contribution in [0.3, 0.4) is 0 Å². The van der Waals surface area contributed by atoms with Crippen LogP contribution in [0.4, 0.5) is 11.4 Å². The van der Waals surface area contributed by atoms with E-state index in [0.717, 1.165) is 60.3 Å². The van der Waals surface area contributed by atoms with Crippen LogP contribution in [0.5, 0.6) is 5.75 Å². The van der Waals surface area contributed by atoms with E-state index in [1.54, 1.807) is 13.2 Å². The van der Waals surface area contributed by atoms with Gasteiger partial charge in [0, 0.05) is 11.1 Å². The van der Waals surface area contributed by atoms with E-state index < -0.39 is 11.6 Å². The average Bonchev–Trinajstić information content (AvgIpc) is 3.50. The molecule has 1 fully saturated rings. The van der Waals surface area contributed by atoms with Crippen molar-refractivity contribution >= 4 is 80.1 Å². The van der Waals surface area contributed by atoms with E-state index in [0.29, 0.717) is 0 Å². The van der Waals surface area contributed by atoms with Crippen molar-refractivity contribution in [1.29, 1.82) is 0 Å². The minimum Gasteiger partial charge on any atom is -0.497 e. The van der Waals surface area contributed by atoms with E-state index in [1.165, 1.54) is 22.1 Å². The molecule has 1 aliphatic heterocycles. The molecule has 1 spiro atoms. The van der Waals surface area contributed by atoms with Crippen molar-refractivity contribution in [3.8, 4) is 5.75 Å². The van der Waals surface area contributed by atoms with Crippen molar-refractivity contribution < 1.29 is 14.3 Å². The van der Waals surface area contributed by atoms with E-state index in [1.807, 2.05) is 12.1 Å². The Balaban J connectivity index is 1.55. The molecule has 0 saturated heterocycles. The second-order valence-corrected chi connectivity index (χ2v) is 15.4. The number of ether oxygens (including phenoxy) is 1. The maximum atomic E-state index is 13.9. The van der Waals surface area contributed by atoms with Gasteiger partial charge in [0.2, 0.25) is 0 Å². The topological polar surface area (TPSA) is 46.6 Å². The molecule has 0 aromatic heterocycles. The number of nitrogens with zero attached hydrogens (tertiary/aromatic N) is 1. The number of methoxy groups -OCH3 is 1. The van der Waals surface area contributed by atoms with Crippen LogP contribution < -0.4 is 9.64 Å². The zero-order valence-electron chi connectivity index (χ0n) is 28.1. The minimum absolute atomic E-state index is 0.00171. The molecule has 8 heteroatoms. The number of hydrogen-bond acceptors (Lipinski definition) is 4. The van der Waals surface area contributed by atoms with Crippen molar-refractivity contribution in [3.05, 3.63) is 120 Å². The first-order chi connectivity index (χ1) is 23.4. The van der Waals surface area contributed by atoms with E-state index in [9.17, 15) is 9.59 Å². The molecule has 252 valence electrons. The summed E-state index contributed by atoms with van der Waals surface area (Å²) in [6.45, 7) is 8.91. The highest BCUT2D eigenvalue weighted by Crippen LogP contribution is 2.61. The van der Waals surface area contributed by atoms with Gasteiger partial charge in [-0.05, 0) is 82.5 Å². The Morgan fingerprint density at radius 1 is 0.755 bits per heavy atom. The molecule has 1 saturated carbocycles. The Labute approximate surface area is 307 Å². The number of allylic oxidation sites excluding steroid dienone is 4. The Bertz CT molecular complexity index is 2060. The highest BCUT2D eigenvalue weighted by atomic mass is 35.5. The maximum absolute atomic E-state index is 13.9. The second kappa shape index (κ2) is 12.8. The normalized spacial score (nSPS) is 17.7. The van der Waals surface area contributed by atoms with Crippen LogP contribution in [0, 0.1) is 0 Å². The van der Waals surface area contributed by atoms with Crippen molar-refractivity contribution in [2.75, 3.05) is 12.0 Å². The number of halogens is 4. The summed E-state index contributed by atoms with van der Waals surface area (Å²) in [6, 6.07) is 17.3. The van der Waals surface area contributed by atoms with Crippen LogP contribution in [0.25, 0.3) is 10.8 Å². The van der Waals surface area contributed by atoms with Crippen LogP contribution in [0.2, 0.25) is 20.1 Å². The molecular weight excluding hydrogens is 696 g/mol. The molecule has 3 aliphatic rings. The molecule has 49 heavy (non-hydrogen) atoms. The fourth-order valence-electron chi connectivity index (χ4n) is 8.24. The van der Waals surface area contributed by atoms with Gasteiger partial charge in [-0.25, -0.2) is 0 Å². The van der Waals surface area contributed by atoms with E-state index in [-0.39, 0.29) is 54.0 Å². The number of anilines is 2. The molecule has 0 unspecified atom stereocenters. The minimum atomic E-state index is -0.509. The van der Waals surface area contributed by atoms with Crippen LogP contribution in [0.1, 0.15) is 109 Å². The van der Waals surface area contributed by atoms with Gasteiger partial charge in [-0.1, -0.05) is 124 Å². The lowest BCUT2D eigenvalue weighted by molar-refractivity contribution is 0.0989. The number of hydrogen-bond donors (Lipinski definition) is 0. The van der Waals surface area contributed by atoms with Gasteiger partial charge in [-0.3, -0.25) is 9.59 Å². The number of carbonyl (C=O) groups excluding carboxylic acids is 2. The first-order valence-electron chi connectivity index (χ1n) is 16.8. The molecule has 0 amide bonds. The Morgan fingerprint density at radius 2 is 1.35 bits per heavy atom. The molecule has 4 aromatic carbocycles. The predicted octanol–water partition coefficient (Wildman–Crippen LogP) is 13.0. The molecule has 0 atom stereocenters. The van der Waals surface area contributed by atoms with Gasteiger partial charge in [0.15, 0.2) is 11.6 Å². The predicted molar refractivity (Wildman–Crippen MR) is 203 cm³/mol. The highest BCUT2D eigenvalue weighted by molar-refractivity contribution is 6.57. The highest BCUT2D eigenvalue weighted by Gasteiger charge is 2.50. The van der Waals surface area contributed by atoms with Gasteiger partial charge in [0.1, 0.15) is 5.75 Å². The zero-order chi connectivity index (χ0) is 34.9. The van der Waals surface area contributed by atoms with Crippen molar-refractivity contribution in [1.82, 2.24) is 0 Å². The van der Waals surface area contributed by atoms with Gasteiger partial charge >= 0.3 is 0 Å². The molecule has 4 aromatic rings. The lowest BCUT2D eigenvalue weighted by Gasteiger charge is -2.38. The molecule has 0 radical (unpaired) electrons. The number of ketones is 2. The average molecular weight is 734 g/mol. The Morgan fingerprint density at radius 3 is 1.90 bits per heavy atom. The third-order valence-electron chi connectivity index (χ3n) is 10.5. The van der Waals surface area contributed by atoms with Crippen molar-refractivity contribution in [2.45, 2.75) is 77.0 Å². The number of carbonyl (C=O) groups is 2. The molecule has 7 rings (SSSR count). The van der Waals surface area contributed by atoms with E-state index in [2.05, 4.69) is 75.1 Å². The Kier molecular flexibility index (Phi) is 8.93. The summed E-state index contributed by atoms with van der Waals surface area (Å²) in [5, 5.41) is 2.08. The van der Waals surface area contributed by atoms with E-state index >= 15 is 0 Å². The monoisotopic (exact) mass is 731 g/mol. The first kappa shape index (κ1) is 34.2. The fraction of sp³-hybridized carbons (Fsp3) is 0.317. The maximum Gasteiger partial charge on any atom is 0.199 e. The van der Waals surface area contributed by atoms with Crippen LogP contribution >= 0.6 is 46.4 Å². The quantitative estimate of drug-likeness (QED) is 0.0887. The molecule has 4 nitrogen and oxygen atoms in total. The lowest BCUT2D eigenvalue weighted by atomic mass is 9.67. The van der Waals surface area contributed by atoms with Gasteiger partial charge in [0.05, 0.1) is 55.3 Å². The zero-order valence-corrected chi connectivity index (χ0v) is 31.2. The SMILES string of the molecule is COc1ccc2c3c(ccc2c1)N(c1c(C(C)C)cccc1C(C)C)/C(=C/C=C1C(=O)c2c(Cl)c(Cl)c(Cl)c(Cl)c2C1=O)C31CCCCC1. The van der Waals surface area contributed by atoms with E-state index in [4.69, 9.17) is 51.1 Å². The van der Waals surface area contributed by atoms with Crippen molar-refractivity contribution in [3.63, 3.8) is 0 Å². The Hall–Kier alpha value is -3.28. The number of Topliss-reactive ketones (excluding diaryl/α,β-unsaturated/α-hetero) is 2. The number of rotatable bonds is 5. The summed E-state index contributed by atoms with van der Waals surface area (Å²) in [5.41, 5.74) is 6.72. The molecular formula is C41H37Cl4NO3. The number of para-hydroxylation sites is 1. The van der Waals surface area contributed by atoms with Crippen LogP contribution in [-0.4, -0.2) is 18.7 Å². The smallest absolute Gasteiger partial charge is 0.199 e. The van der Waals surface area contributed by atoms with Gasteiger partial charge in [-0.15, -0.1) is 0 Å². The molecule has 1 heterocycles. The summed E-state index contributed by atoms with van der Waals surface area (Å²) < 4.78 is 5.62. The summed E-state index contributed by atoms with van der Waals surface area (Å²) in [6.07, 6.45) is 8.80. The molecule has 2 aliphatic carbocycles. The third kappa shape index (κ3) is 5.16. The van der Waals surface area contributed by atoms with Gasteiger partial charge in [0.25, 0.3) is 0 Å². The van der Waals surface area contributed by atoms with Gasteiger partial charge < -0.3 is 9.64 Å². The molecule has 0 bridgehead atoms. The fourth-order valence-corrected chi connectivity index (χ4v) is 9.26. The number of benzene rings is 4. The first-order valence-corrected chi connectivity index (χ1v) is 18.4. The summed E-state index contributed by atoms with van der Waals surface area (Å²) >= 11 is 25.7. The number of fused-ring (bicyclic) bond motifs is 5. The van der Waals surface area contributed by atoms with Gasteiger partial charge in [-0.2, -0.15) is 0 Å². The van der Waals surface area contributed by atoms with Crippen LogP contribution in [0.15, 0.2) is 72.0 Å². The van der Waals surface area contributed by atoms with Crippen LogP contribution in [-0.2, 0) is 5.41 Å². The standard InChI is InChI=1S/C41H37Cl4NO3/c1-21(2)25-10-9-11-26(22(3)4)38(25)46-29-16-12-23-20-24(49-5)13-14-27(23)33(29)41(18-7-6-8-19-41)30(46)17-15-28-39(47)31-32(40(28)48)35(43)37(45)36(44)34(31)42/h9-17,20-22H,6-8,18-19H2,1-5H3/b30-17+. The second-order valence-electron chi connectivity index (χ2n) is 13.9. The largest absolute Gasteiger partial charge is 0.497 e. The summed E-state index contributed by atoms with van der Waals surface area (Å²) in [5.74, 6) is 0.282. The lowest BCUT2D eigenvalue weighted by Crippen LogP contribution is -2.32. The van der Waals surface area contributed by atoms with Crippen molar-refractivity contribution in [2.24, 2.45) is 0 Å². The summed E-state index contributed by atoms with van der Waals surface area (Å²) in [4.78, 5) is 30.3. The third-order valence-corrected chi connectivity index (χ3v) is 12.3. The molecule has 0 N–H and O–H groups in total. The summed E-state index contributed by atoms with van der Waals surface area (Å²) in [7, 11) is 1.69.